The molecule has 2 aromatic heterocycles. The van der Waals surface area contributed by atoms with Gasteiger partial charge in [0.15, 0.2) is 5.52 Å². The van der Waals surface area contributed by atoms with Crippen LogP contribution in [-0.4, -0.2) is 65.7 Å². The van der Waals surface area contributed by atoms with E-state index in [1.54, 1.807) is 0 Å². The molecular formula is C25H36N6O4S. The lowest BCUT2D eigenvalue weighted by molar-refractivity contribution is 0.297. The van der Waals surface area contributed by atoms with Gasteiger partial charge in [0.1, 0.15) is 17.1 Å². The number of H-pyrrole nitrogens is 1. The first kappa shape index (κ1) is 16.2. The molecule has 36 heavy (non-hydrogen) atoms. The van der Waals surface area contributed by atoms with Crippen LogP contribution < -0.4 is 15.0 Å². The number of nitrogens with one attached hydrogen (secondary N) is 2. The molecule has 196 valence electrons. The van der Waals surface area contributed by atoms with Crippen LogP contribution in [0.25, 0.3) is 22.4 Å². The molecule has 4 rings (SSSR count). The van der Waals surface area contributed by atoms with E-state index in [2.05, 4.69) is 15.1 Å². The molecule has 0 radical (unpaired) electrons. The van der Waals surface area contributed by atoms with Gasteiger partial charge in [-0.25, -0.2) is 18.1 Å². The maximum absolute atomic E-state index is 13.5. The molecule has 3 heterocycles. The van der Waals surface area contributed by atoms with Gasteiger partial charge in [-0.1, -0.05) is 20.2 Å². The Morgan fingerprint density at radius 2 is 2.22 bits per heavy atom. The smallest absolute Gasteiger partial charge is 0.277 e. The summed E-state index contributed by atoms with van der Waals surface area (Å²) >= 11 is 0. The molecule has 1 aliphatic heterocycles. The standard InChI is InChI=1S/C25H36N6O4S/c1-5-8-20-22-23(31(4)29-20)25(32)28-24(27-22)19-16-18(10-11-21(19)35-15-6-2)36(33,34)26-13-12-17-9-7-14-30(17)3/h10-11,16-17,26H,5-9,12-15H2,1-4H3,(H,27,28,32)/i1D3,3D3,8D2,13D2. The third kappa shape index (κ3) is 5.47. The minimum atomic E-state index is -4.58. The minimum Gasteiger partial charge on any atom is -0.493 e. The molecule has 0 aliphatic carbocycles. The summed E-state index contributed by atoms with van der Waals surface area (Å²) < 4.78 is 115. The molecule has 0 spiro atoms. The van der Waals surface area contributed by atoms with Crippen molar-refractivity contribution in [3.8, 4) is 17.1 Å². The van der Waals surface area contributed by atoms with Crippen molar-refractivity contribution in [1.29, 1.82) is 0 Å². The van der Waals surface area contributed by atoms with Crippen LogP contribution in [0.15, 0.2) is 27.9 Å². The van der Waals surface area contributed by atoms with Gasteiger partial charge < -0.3 is 14.6 Å². The first-order valence-electron chi connectivity index (χ1n) is 16.6. The van der Waals surface area contributed by atoms with Crippen LogP contribution in [0, 0.1) is 0 Å². The summed E-state index contributed by atoms with van der Waals surface area (Å²) in [5.74, 6) is -0.108. The number of rotatable bonds is 11. The van der Waals surface area contributed by atoms with Gasteiger partial charge in [-0.15, -0.1) is 0 Å². The van der Waals surface area contributed by atoms with Crippen molar-refractivity contribution in [2.75, 3.05) is 26.6 Å². The van der Waals surface area contributed by atoms with Crippen LogP contribution in [0.5, 0.6) is 5.75 Å². The van der Waals surface area contributed by atoms with E-state index in [4.69, 9.17) is 18.4 Å². The fourth-order valence-electron chi connectivity index (χ4n) is 4.07. The zero-order valence-electron chi connectivity index (χ0n) is 30.1. The predicted molar refractivity (Wildman–Crippen MR) is 140 cm³/mol. The molecule has 3 aromatic rings. The van der Waals surface area contributed by atoms with Gasteiger partial charge in [-0.2, -0.15) is 5.10 Å². The van der Waals surface area contributed by atoms with Crippen molar-refractivity contribution in [2.45, 2.75) is 63.2 Å². The molecule has 10 nitrogen and oxygen atoms in total. The van der Waals surface area contributed by atoms with E-state index in [1.807, 2.05) is 11.6 Å². The van der Waals surface area contributed by atoms with E-state index in [0.717, 1.165) is 10.7 Å². The summed E-state index contributed by atoms with van der Waals surface area (Å²) in [4.78, 5) is 20.9. The van der Waals surface area contributed by atoms with Gasteiger partial charge >= 0.3 is 0 Å². The van der Waals surface area contributed by atoms with Crippen molar-refractivity contribution in [3.05, 3.63) is 34.2 Å². The highest BCUT2D eigenvalue weighted by Crippen LogP contribution is 2.31. The third-order valence-corrected chi connectivity index (χ3v) is 7.14. The molecule has 1 aromatic carbocycles. The minimum absolute atomic E-state index is 0.0218. The van der Waals surface area contributed by atoms with Crippen molar-refractivity contribution in [1.82, 2.24) is 29.4 Å². The number of hydrogen-bond acceptors (Lipinski definition) is 7. The molecule has 1 aliphatic rings. The Labute approximate surface area is 226 Å². The van der Waals surface area contributed by atoms with Crippen molar-refractivity contribution in [2.24, 2.45) is 7.05 Å². The molecule has 0 amide bonds. The summed E-state index contributed by atoms with van der Waals surface area (Å²) in [7, 11) is -3.20. The number of aromatic amines is 1. The lowest BCUT2D eigenvalue weighted by atomic mass is 10.1. The normalized spacial score (nSPS) is 22.3. The Balaban J connectivity index is 1.78. The summed E-state index contributed by atoms with van der Waals surface area (Å²) in [6, 6.07) is 2.89. The Hall–Kier alpha value is -2.76. The summed E-state index contributed by atoms with van der Waals surface area (Å²) in [6.45, 7) is -5.37. The SMILES string of the molecule is [2H]C([2H])([2H])CC([2H])([2H])c1nn(C)c2c(=O)[nH]c(-c3cc(S(=O)(=O)NC([2H])([2H])CC4CCCN4C([2H])([2H])[2H])ccc3OCCC)nc12. The lowest BCUT2D eigenvalue weighted by Crippen LogP contribution is -2.31. The summed E-state index contributed by atoms with van der Waals surface area (Å²) in [5.41, 5.74) is -1.53. The van der Waals surface area contributed by atoms with Crippen LogP contribution in [-0.2, 0) is 23.4 Å². The molecule has 11 heteroatoms. The number of hydrogen-bond donors (Lipinski definition) is 2. The van der Waals surface area contributed by atoms with Gasteiger partial charge in [0.2, 0.25) is 10.0 Å². The number of aryl methyl sites for hydroxylation is 2. The third-order valence-electron chi connectivity index (χ3n) is 5.85. The highest BCUT2D eigenvalue weighted by Gasteiger charge is 2.23. The molecule has 1 saturated heterocycles. The number of benzene rings is 1. The average Bonchev–Trinajstić information content (AvgIpc) is 3.49. The second-order valence-corrected chi connectivity index (χ2v) is 10.1. The van der Waals surface area contributed by atoms with E-state index in [9.17, 15) is 13.2 Å². The predicted octanol–water partition coefficient (Wildman–Crippen LogP) is 2.83. The van der Waals surface area contributed by atoms with Crippen LogP contribution in [0.3, 0.4) is 0 Å². The fourth-order valence-corrected chi connectivity index (χ4v) is 4.98. The quantitative estimate of drug-likeness (QED) is 0.394. The van der Waals surface area contributed by atoms with Gasteiger partial charge in [0, 0.05) is 33.3 Å². The first-order chi connectivity index (χ1) is 21.0. The molecule has 0 bridgehead atoms. The van der Waals surface area contributed by atoms with Crippen LogP contribution in [0.2, 0.25) is 0 Å². The molecule has 1 atom stereocenters. The summed E-state index contributed by atoms with van der Waals surface area (Å²) in [6.07, 6.45) is -2.36. The highest BCUT2D eigenvalue weighted by molar-refractivity contribution is 7.89. The number of likely N-dealkylation sites (tertiary alicyclic amines) is 1. The number of fused-ring (bicyclic) bond motifs is 1. The fraction of sp³-hybridized carbons (Fsp3) is 0.560. The zero-order chi connectivity index (χ0) is 34.5. The number of nitrogens with zero attached hydrogens (tertiary/aromatic N) is 4. The van der Waals surface area contributed by atoms with Crippen LogP contribution in [0.1, 0.15) is 65.3 Å². The second kappa shape index (κ2) is 11.1. The van der Waals surface area contributed by atoms with E-state index in [-0.39, 0.29) is 47.0 Å². The maximum atomic E-state index is 13.5. The van der Waals surface area contributed by atoms with Crippen LogP contribution in [0.4, 0.5) is 0 Å². The molecular weight excluding hydrogens is 480 g/mol. The van der Waals surface area contributed by atoms with Crippen molar-refractivity contribution in [3.63, 3.8) is 0 Å². The van der Waals surface area contributed by atoms with E-state index >= 15 is 0 Å². The number of ether oxygens (including phenoxy) is 1. The molecule has 1 fully saturated rings. The van der Waals surface area contributed by atoms with Gasteiger partial charge in [-0.3, -0.25) is 9.48 Å². The topological polar surface area (TPSA) is 122 Å². The molecule has 2 N–H and O–H groups in total. The second-order valence-electron chi connectivity index (χ2n) is 8.42. The van der Waals surface area contributed by atoms with Gasteiger partial charge in [0.25, 0.3) is 5.56 Å². The number of sulfonamides is 1. The molecule has 1 unspecified atom stereocenters. The van der Waals surface area contributed by atoms with Crippen LogP contribution >= 0.6 is 0 Å². The molecule has 0 saturated carbocycles. The maximum Gasteiger partial charge on any atom is 0.277 e. The monoisotopic (exact) mass is 526 g/mol. The van der Waals surface area contributed by atoms with Gasteiger partial charge in [-0.05, 0) is 63.8 Å². The van der Waals surface area contributed by atoms with E-state index in [0.29, 0.717) is 19.3 Å². The van der Waals surface area contributed by atoms with Gasteiger partial charge in [0.05, 0.1) is 22.8 Å². The zero-order valence-corrected chi connectivity index (χ0v) is 20.9. The lowest BCUT2D eigenvalue weighted by Gasteiger charge is -2.19. The van der Waals surface area contributed by atoms with E-state index < -0.39 is 66.1 Å². The van der Waals surface area contributed by atoms with E-state index in [1.165, 1.54) is 24.1 Å². The summed E-state index contributed by atoms with van der Waals surface area (Å²) in [5, 5.41) is 4.06. The van der Waals surface area contributed by atoms with Crippen molar-refractivity contribution < 1.29 is 26.9 Å². The first-order valence-corrected chi connectivity index (χ1v) is 13.1. The Morgan fingerprint density at radius 1 is 1.36 bits per heavy atom. The number of aromatic nitrogens is 4. The Kier molecular flexibility index (Phi) is 4.98. The Morgan fingerprint density at radius 3 is 3.00 bits per heavy atom. The average molecular weight is 527 g/mol. The van der Waals surface area contributed by atoms with Crippen molar-refractivity contribution >= 4 is 21.1 Å². The highest BCUT2D eigenvalue weighted by atomic mass is 32.2. The largest absolute Gasteiger partial charge is 0.493 e. The Bertz CT molecular complexity index is 1750.